The molecule has 0 unspecified atom stereocenters. The Kier molecular flexibility index (Phi) is 5.99. The number of sulfonamides is 1. The van der Waals surface area contributed by atoms with Gasteiger partial charge in [-0.25, -0.2) is 0 Å². The number of aryl methyl sites for hydroxylation is 2. The van der Waals surface area contributed by atoms with E-state index in [0.717, 1.165) is 42.5 Å². The first-order valence-electron chi connectivity index (χ1n) is 8.29. The molecule has 0 bridgehead atoms. The predicted octanol–water partition coefficient (Wildman–Crippen LogP) is 4.24. The SMILES string of the molecule is CCCCCC1=CCC/C1=N/NS(=O)(=O)c1cc(C)ccc1C. The van der Waals surface area contributed by atoms with Gasteiger partial charge in [0.15, 0.2) is 0 Å². The van der Waals surface area contributed by atoms with Gasteiger partial charge in [-0.3, -0.25) is 0 Å². The third-order valence-corrected chi connectivity index (χ3v) is 5.48. The summed E-state index contributed by atoms with van der Waals surface area (Å²) in [6.07, 6.45) is 8.43. The number of allylic oxidation sites excluding steroid dienone is 2. The number of hydrazone groups is 1. The lowest BCUT2D eigenvalue weighted by atomic mass is 10.1. The van der Waals surface area contributed by atoms with Crippen LogP contribution < -0.4 is 4.83 Å². The molecule has 0 saturated heterocycles. The molecule has 1 N–H and O–H groups in total. The Morgan fingerprint density at radius 1 is 1.22 bits per heavy atom. The van der Waals surface area contributed by atoms with Gasteiger partial charge in [-0.2, -0.15) is 18.4 Å². The first-order chi connectivity index (χ1) is 10.9. The molecule has 0 spiro atoms. The van der Waals surface area contributed by atoms with E-state index in [4.69, 9.17) is 0 Å². The van der Waals surface area contributed by atoms with Crippen LogP contribution in [0.15, 0.2) is 39.8 Å². The Hall–Kier alpha value is -1.62. The van der Waals surface area contributed by atoms with Crippen LogP contribution in [0, 0.1) is 13.8 Å². The molecule has 0 fully saturated rings. The Balaban J connectivity index is 2.12. The normalized spacial score (nSPS) is 16.7. The zero-order chi connectivity index (χ0) is 16.9. The summed E-state index contributed by atoms with van der Waals surface area (Å²) in [5, 5.41) is 4.21. The van der Waals surface area contributed by atoms with Crippen LogP contribution in [-0.2, 0) is 10.0 Å². The number of hydrogen-bond donors (Lipinski definition) is 1. The van der Waals surface area contributed by atoms with Gasteiger partial charge in [-0.05, 0) is 62.3 Å². The summed E-state index contributed by atoms with van der Waals surface area (Å²) in [7, 11) is -3.61. The van der Waals surface area contributed by atoms with Crippen LogP contribution in [-0.4, -0.2) is 14.1 Å². The molecule has 2 rings (SSSR count). The van der Waals surface area contributed by atoms with Crippen molar-refractivity contribution in [2.24, 2.45) is 5.10 Å². The van der Waals surface area contributed by atoms with Crippen LogP contribution in [0.4, 0.5) is 0 Å². The van der Waals surface area contributed by atoms with Crippen molar-refractivity contribution in [1.82, 2.24) is 4.83 Å². The number of nitrogens with zero attached hydrogens (tertiary/aromatic N) is 1. The van der Waals surface area contributed by atoms with Gasteiger partial charge in [0, 0.05) is 0 Å². The van der Waals surface area contributed by atoms with Gasteiger partial charge < -0.3 is 0 Å². The highest BCUT2D eigenvalue weighted by Crippen LogP contribution is 2.22. The molecule has 0 amide bonds. The van der Waals surface area contributed by atoms with E-state index in [1.165, 1.54) is 18.4 Å². The summed E-state index contributed by atoms with van der Waals surface area (Å²) < 4.78 is 25.0. The topological polar surface area (TPSA) is 58.5 Å². The van der Waals surface area contributed by atoms with E-state index in [1.807, 2.05) is 19.1 Å². The van der Waals surface area contributed by atoms with E-state index in [9.17, 15) is 8.42 Å². The maximum Gasteiger partial charge on any atom is 0.276 e. The Bertz CT molecular complexity index is 719. The van der Waals surface area contributed by atoms with Gasteiger partial charge in [0.25, 0.3) is 10.0 Å². The molecule has 0 atom stereocenters. The molecular formula is C18H26N2O2S. The fourth-order valence-corrected chi connectivity index (χ4v) is 3.92. The first kappa shape index (κ1) is 17.7. The van der Waals surface area contributed by atoms with Gasteiger partial charge in [0.05, 0.1) is 10.6 Å². The molecule has 1 aromatic carbocycles. The molecule has 0 heterocycles. The highest BCUT2D eigenvalue weighted by molar-refractivity contribution is 7.89. The minimum absolute atomic E-state index is 0.302. The maximum atomic E-state index is 12.5. The van der Waals surface area contributed by atoms with Crippen molar-refractivity contribution in [3.05, 3.63) is 41.0 Å². The van der Waals surface area contributed by atoms with Crippen molar-refractivity contribution in [2.75, 3.05) is 0 Å². The Labute approximate surface area is 139 Å². The lowest BCUT2D eigenvalue weighted by molar-refractivity contribution is 0.583. The Morgan fingerprint density at radius 2 is 2.00 bits per heavy atom. The van der Waals surface area contributed by atoms with Crippen molar-refractivity contribution in [3.8, 4) is 0 Å². The largest absolute Gasteiger partial charge is 0.276 e. The van der Waals surface area contributed by atoms with Gasteiger partial charge >= 0.3 is 0 Å². The summed E-state index contributed by atoms with van der Waals surface area (Å²) in [6.45, 7) is 5.86. The lowest BCUT2D eigenvalue weighted by Crippen LogP contribution is -2.21. The van der Waals surface area contributed by atoms with E-state index in [1.54, 1.807) is 13.0 Å². The van der Waals surface area contributed by atoms with Crippen LogP contribution in [0.2, 0.25) is 0 Å². The molecule has 0 saturated carbocycles. The van der Waals surface area contributed by atoms with Crippen LogP contribution in [0.1, 0.15) is 56.6 Å². The quantitative estimate of drug-likeness (QED) is 0.599. The molecule has 1 aromatic rings. The fraction of sp³-hybridized carbons (Fsp3) is 0.500. The summed E-state index contributed by atoms with van der Waals surface area (Å²) in [6, 6.07) is 5.42. The summed E-state index contributed by atoms with van der Waals surface area (Å²) in [5.41, 5.74) is 3.73. The number of benzene rings is 1. The second-order valence-electron chi connectivity index (χ2n) is 6.15. The molecule has 0 radical (unpaired) electrons. The van der Waals surface area contributed by atoms with Crippen molar-refractivity contribution < 1.29 is 8.42 Å². The molecule has 0 aromatic heterocycles. The summed E-state index contributed by atoms with van der Waals surface area (Å²) >= 11 is 0. The molecule has 126 valence electrons. The molecule has 4 nitrogen and oxygen atoms in total. The van der Waals surface area contributed by atoms with E-state index < -0.39 is 10.0 Å². The highest BCUT2D eigenvalue weighted by Gasteiger charge is 2.18. The molecule has 5 heteroatoms. The standard InChI is InChI=1S/C18H26N2O2S/c1-4-5-6-8-16-9-7-10-17(16)19-20-23(21,22)18-13-14(2)11-12-15(18)3/h9,11-13,20H,4-8,10H2,1-3H3/b19-17-. The van der Waals surface area contributed by atoms with Gasteiger partial charge in [-0.1, -0.05) is 38.0 Å². The molecule has 1 aliphatic rings. The number of unbranched alkanes of at least 4 members (excludes halogenated alkanes) is 2. The van der Waals surface area contributed by atoms with Crippen LogP contribution in [0.25, 0.3) is 0 Å². The van der Waals surface area contributed by atoms with Crippen LogP contribution in [0.3, 0.4) is 0 Å². The number of rotatable bonds is 7. The van der Waals surface area contributed by atoms with E-state index >= 15 is 0 Å². The minimum atomic E-state index is -3.61. The number of hydrogen-bond acceptors (Lipinski definition) is 3. The minimum Gasteiger partial charge on any atom is -0.200 e. The molecule has 23 heavy (non-hydrogen) atoms. The second-order valence-corrected chi connectivity index (χ2v) is 7.78. The average molecular weight is 334 g/mol. The third kappa shape index (κ3) is 4.67. The van der Waals surface area contributed by atoms with Crippen molar-refractivity contribution in [1.29, 1.82) is 0 Å². The zero-order valence-electron chi connectivity index (χ0n) is 14.2. The predicted molar refractivity (Wildman–Crippen MR) is 95.1 cm³/mol. The Morgan fingerprint density at radius 3 is 2.74 bits per heavy atom. The first-order valence-corrected chi connectivity index (χ1v) is 9.77. The van der Waals surface area contributed by atoms with E-state index in [2.05, 4.69) is 22.9 Å². The van der Waals surface area contributed by atoms with E-state index in [-0.39, 0.29) is 0 Å². The zero-order valence-corrected chi connectivity index (χ0v) is 15.0. The smallest absolute Gasteiger partial charge is 0.200 e. The van der Waals surface area contributed by atoms with Crippen LogP contribution >= 0.6 is 0 Å². The highest BCUT2D eigenvalue weighted by atomic mass is 32.2. The molecule has 1 aliphatic carbocycles. The maximum absolute atomic E-state index is 12.5. The van der Waals surface area contributed by atoms with Crippen molar-refractivity contribution >= 4 is 15.7 Å². The fourth-order valence-electron chi connectivity index (χ4n) is 2.76. The summed E-state index contributed by atoms with van der Waals surface area (Å²) in [5.74, 6) is 0. The lowest BCUT2D eigenvalue weighted by Gasteiger charge is -2.10. The average Bonchev–Trinajstić information content (AvgIpc) is 2.95. The molecular weight excluding hydrogens is 308 g/mol. The van der Waals surface area contributed by atoms with Crippen molar-refractivity contribution in [2.45, 2.75) is 64.2 Å². The van der Waals surface area contributed by atoms with Gasteiger partial charge in [0.1, 0.15) is 0 Å². The molecule has 0 aliphatic heterocycles. The third-order valence-electron chi connectivity index (χ3n) is 4.13. The van der Waals surface area contributed by atoms with Crippen LogP contribution in [0.5, 0.6) is 0 Å². The van der Waals surface area contributed by atoms with E-state index in [0.29, 0.717) is 4.90 Å². The van der Waals surface area contributed by atoms with Gasteiger partial charge in [-0.15, -0.1) is 0 Å². The monoisotopic (exact) mass is 334 g/mol. The van der Waals surface area contributed by atoms with Crippen molar-refractivity contribution in [3.63, 3.8) is 0 Å². The summed E-state index contributed by atoms with van der Waals surface area (Å²) in [4.78, 5) is 2.73. The number of nitrogens with one attached hydrogen (secondary N) is 1. The second kappa shape index (κ2) is 7.77. The van der Waals surface area contributed by atoms with Gasteiger partial charge in [0.2, 0.25) is 0 Å².